The molecule has 0 aromatic heterocycles. The second kappa shape index (κ2) is 13.7. The summed E-state index contributed by atoms with van der Waals surface area (Å²) in [6.45, 7) is 3.95. The lowest BCUT2D eigenvalue weighted by atomic mass is 10.1. The molecule has 1 atom stereocenters. The predicted molar refractivity (Wildman–Crippen MR) is 154 cm³/mol. The highest BCUT2D eigenvalue weighted by Crippen LogP contribution is 2.27. The van der Waals surface area contributed by atoms with Gasteiger partial charge < -0.3 is 10.2 Å². The third-order valence-corrected chi connectivity index (χ3v) is 8.95. The summed E-state index contributed by atoms with van der Waals surface area (Å²) in [5.74, 6) is -0.493. The molecule has 0 bridgehead atoms. The summed E-state index contributed by atoms with van der Waals surface area (Å²) in [5.41, 5.74) is 2.23. The molecule has 38 heavy (non-hydrogen) atoms. The Morgan fingerprint density at radius 2 is 1.66 bits per heavy atom. The Morgan fingerprint density at radius 1 is 1.05 bits per heavy atom. The van der Waals surface area contributed by atoms with Gasteiger partial charge in [-0.3, -0.25) is 13.9 Å². The number of hydrogen-bond donors (Lipinski definition) is 1. The molecule has 3 rings (SSSR count). The van der Waals surface area contributed by atoms with Gasteiger partial charge in [0.05, 0.1) is 11.9 Å². The van der Waals surface area contributed by atoms with E-state index in [2.05, 4.69) is 5.32 Å². The van der Waals surface area contributed by atoms with Crippen molar-refractivity contribution in [1.82, 2.24) is 10.2 Å². The minimum Gasteiger partial charge on any atom is -0.352 e. The van der Waals surface area contributed by atoms with Crippen LogP contribution in [0.2, 0.25) is 10.0 Å². The van der Waals surface area contributed by atoms with Gasteiger partial charge in [0, 0.05) is 41.2 Å². The highest BCUT2D eigenvalue weighted by Gasteiger charge is 2.29. The summed E-state index contributed by atoms with van der Waals surface area (Å²) in [5, 5.41) is 3.90. The topological polar surface area (TPSA) is 86.8 Å². The summed E-state index contributed by atoms with van der Waals surface area (Å²) in [6, 6.07) is 11.9. The Kier molecular flexibility index (Phi) is 10.9. The number of carbonyl (C=O) groups excluding carboxylic acids is 2. The van der Waals surface area contributed by atoms with Gasteiger partial charge in [-0.15, -0.1) is 0 Å². The van der Waals surface area contributed by atoms with E-state index >= 15 is 0 Å². The van der Waals surface area contributed by atoms with Crippen LogP contribution in [0.25, 0.3) is 0 Å². The third-order valence-electron chi connectivity index (χ3n) is 7.04. The highest BCUT2D eigenvalue weighted by atomic mass is 35.5. The number of aryl methyl sites for hydroxylation is 1. The second-order valence-electron chi connectivity index (χ2n) is 9.85. The van der Waals surface area contributed by atoms with Crippen molar-refractivity contribution in [3.8, 4) is 0 Å². The van der Waals surface area contributed by atoms with Gasteiger partial charge in [0.25, 0.3) is 0 Å². The Balaban J connectivity index is 1.75. The molecule has 208 valence electrons. The fourth-order valence-electron chi connectivity index (χ4n) is 4.73. The molecule has 0 aliphatic heterocycles. The zero-order valence-electron chi connectivity index (χ0n) is 22.3. The number of carbonyl (C=O) groups is 2. The van der Waals surface area contributed by atoms with Crippen LogP contribution in [-0.4, -0.2) is 50.0 Å². The number of amides is 2. The molecule has 1 aliphatic carbocycles. The molecule has 1 fully saturated rings. The lowest BCUT2D eigenvalue weighted by molar-refractivity contribution is -0.140. The summed E-state index contributed by atoms with van der Waals surface area (Å²) in [4.78, 5) is 28.1. The Bertz CT molecular complexity index is 1190. The maximum Gasteiger partial charge on any atom is 0.242 e. The SMILES string of the molecule is CCc1ccc(N(CCCC(=O)N(Cc2c(Cl)cccc2Cl)[C@@H](C)C(=O)NC2CCCC2)S(C)(=O)=O)cc1. The van der Waals surface area contributed by atoms with E-state index in [1.807, 2.05) is 19.1 Å². The number of rotatable bonds is 12. The number of sulfonamides is 1. The smallest absolute Gasteiger partial charge is 0.242 e. The molecule has 10 heteroatoms. The van der Waals surface area contributed by atoms with Crippen LogP contribution in [-0.2, 0) is 32.6 Å². The van der Waals surface area contributed by atoms with Gasteiger partial charge in [-0.25, -0.2) is 8.42 Å². The molecule has 7 nitrogen and oxygen atoms in total. The van der Waals surface area contributed by atoms with E-state index in [1.54, 1.807) is 37.3 Å². The van der Waals surface area contributed by atoms with Gasteiger partial charge in [-0.1, -0.05) is 61.2 Å². The summed E-state index contributed by atoms with van der Waals surface area (Å²) < 4.78 is 26.4. The van der Waals surface area contributed by atoms with Crippen molar-refractivity contribution < 1.29 is 18.0 Å². The first-order valence-corrected chi connectivity index (χ1v) is 15.7. The van der Waals surface area contributed by atoms with Gasteiger partial charge in [0.2, 0.25) is 21.8 Å². The molecule has 2 aromatic carbocycles. The van der Waals surface area contributed by atoms with Crippen LogP contribution in [0, 0.1) is 0 Å². The van der Waals surface area contributed by atoms with Crippen LogP contribution in [0.1, 0.15) is 63.5 Å². The number of nitrogens with one attached hydrogen (secondary N) is 1. The van der Waals surface area contributed by atoms with Crippen molar-refractivity contribution in [3.63, 3.8) is 0 Å². The zero-order chi connectivity index (χ0) is 27.9. The number of benzene rings is 2. The standard InChI is InChI=1S/C28H37Cl2N3O4S/c1-4-21-14-16-23(17-15-21)33(38(3,36)37)18-8-13-27(34)32(19-24-25(29)11-7-12-26(24)30)20(2)28(35)31-22-9-5-6-10-22/h7,11-12,14-17,20,22H,4-6,8-10,13,18-19H2,1-3H3,(H,31,35)/t20-/m0/s1. The van der Waals surface area contributed by atoms with Crippen LogP contribution in [0.3, 0.4) is 0 Å². The largest absolute Gasteiger partial charge is 0.352 e. The number of hydrogen-bond acceptors (Lipinski definition) is 4. The molecule has 0 radical (unpaired) electrons. The molecule has 0 spiro atoms. The van der Waals surface area contributed by atoms with Gasteiger partial charge in [-0.2, -0.15) is 0 Å². The number of nitrogens with zero attached hydrogens (tertiary/aromatic N) is 2. The molecule has 2 amide bonds. The van der Waals surface area contributed by atoms with Crippen LogP contribution >= 0.6 is 23.2 Å². The average Bonchev–Trinajstić information content (AvgIpc) is 3.38. The molecule has 1 N–H and O–H groups in total. The van der Waals surface area contributed by atoms with Crippen molar-refractivity contribution in [2.45, 2.75) is 77.4 Å². The minimum absolute atomic E-state index is 0.0577. The molecule has 0 saturated heterocycles. The number of anilines is 1. The lowest BCUT2D eigenvalue weighted by Gasteiger charge is -2.30. The van der Waals surface area contributed by atoms with E-state index in [0.717, 1.165) is 43.9 Å². The normalized spacial score (nSPS) is 14.8. The Hall–Kier alpha value is -2.29. The van der Waals surface area contributed by atoms with E-state index in [-0.39, 0.29) is 43.8 Å². The maximum atomic E-state index is 13.5. The van der Waals surface area contributed by atoms with E-state index < -0.39 is 16.1 Å². The zero-order valence-corrected chi connectivity index (χ0v) is 24.6. The van der Waals surface area contributed by atoms with Crippen LogP contribution in [0.4, 0.5) is 5.69 Å². The van der Waals surface area contributed by atoms with E-state index in [4.69, 9.17) is 23.2 Å². The summed E-state index contributed by atoms with van der Waals surface area (Å²) >= 11 is 12.8. The quantitative estimate of drug-likeness (QED) is 0.354. The molecular formula is C28H37Cl2N3O4S. The molecular weight excluding hydrogens is 545 g/mol. The molecule has 2 aromatic rings. The molecule has 0 unspecified atom stereocenters. The van der Waals surface area contributed by atoms with E-state index in [0.29, 0.717) is 21.3 Å². The lowest BCUT2D eigenvalue weighted by Crippen LogP contribution is -2.49. The highest BCUT2D eigenvalue weighted by molar-refractivity contribution is 7.92. The monoisotopic (exact) mass is 581 g/mol. The van der Waals surface area contributed by atoms with Gasteiger partial charge in [0.15, 0.2) is 0 Å². The van der Waals surface area contributed by atoms with Crippen molar-refractivity contribution >= 4 is 50.7 Å². The fourth-order valence-corrected chi connectivity index (χ4v) is 6.21. The molecule has 1 aliphatic rings. The minimum atomic E-state index is -3.55. The first-order chi connectivity index (χ1) is 18.0. The van der Waals surface area contributed by atoms with Gasteiger partial charge in [0.1, 0.15) is 6.04 Å². The second-order valence-corrected chi connectivity index (χ2v) is 12.6. The summed E-state index contributed by atoms with van der Waals surface area (Å²) in [6.07, 6.45) is 6.37. The predicted octanol–water partition coefficient (Wildman–Crippen LogP) is 5.58. The van der Waals surface area contributed by atoms with Crippen molar-refractivity contribution in [3.05, 3.63) is 63.6 Å². The third kappa shape index (κ3) is 8.10. The van der Waals surface area contributed by atoms with Crippen molar-refractivity contribution in [2.75, 3.05) is 17.1 Å². The van der Waals surface area contributed by atoms with E-state index in [9.17, 15) is 18.0 Å². The molecule has 0 heterocycles. The van der Waals surface area contributed by atoms with Crippen LogP contribution in [0.15, 0.2) is 42.5 Å². The van der Waals surface area contributed by atoms with Crippen LogP contribution < -0.4 is 9.62 Å². The average molecular weight is 583 g/mol. The van der Waals surface area contributed by atoms with Crippen molar-refractivity contribution in [1.29, 1.82) is 0 Å². The summed E-state index contributed by atoms with van der Waals surface area (Å²) in [7, 11) is -3.55. The number of halogens is 2. The first-order valence-electron chi connectivity index (χ1n) is 13.1. The fraction of sp³-hybridized carbons (Fsp3) is 0.500. The first kappa shape index (κ1) is 30.3. The van der Waals surface area contributed by atoms with E-state index in [1.165, 1.54) is 9.21 Å². The Labute approximate surface area is 236 Å². The van der Waals surface area contributed by atoms with Crippen molar-refractivity contribution in [2.24, 2.45) is 0 Å². The van der Waals surface area contributed by atoms with Crippen LogP contribution in [0.5, 0.6) is 0 Å². The molecule has 1 saturated carbocycles. The Morgan fingerprint density at radius 3 is 2.21 bits per heavy atom. The van der Waals surface area contributed by atoms with Gasteiger partial charge >= 0.3 is 0 Å². The van der Waals surface area contributed by atoms with Gasteiger partial charge in [-0.05, 0) is 62.4 Å². The maximum absolute atomic E-state index is 13.5.